The van der Waals surface area contributed by atoms with Gasteiger partial charge in [0, 0.05) is 18.7 Å². The van der Waals surface area contributed by atoms with Gasteiger partial charge in [-0.05, 0) is 29.8 Å². The van der Waals surface area contributed by atoms with E-state index in [1.165, 1.54) is 5.56 Å². The van der Waals surface area contributed by atoms with E-state index in [1.54, 1.807) is 12.3 Å². The van der Waals surface area contributed by atoms with Crippen LogP contribution >= 0.6 is 0 Å². The molecular weight excluding hydrogens is 340 g/mol. The first-order chi connectivity index (χ1) is 13.3. The second-order valence-corrected chi connectivity index (χ2v) is 6.25. The lowest BCUT2D eigenvalue weighted by molar-refractivity contribution is 0.302. The van der Waals surface area contributed by atoms with Crippen molar-refractivity contribution in [1.29, 1.82) is 0 Å². The summed E-state index contributed by atoms with van der Waals surface area (Å²) in [6.07, 6.45) is 2.54. The third-order valence-electron chi connectivity index (χ3n) is 4.41. The topological polar surface area (TPSA) is 82.8 Å². The zero-order chi connectivity index (χ0) is 18.5. The molecule has 1 atom stereocenters. The zero-order valence-corrected chi connectivity index (χ0v) is 14.7. The Morgan fingerprint density at radius 1 is 1.00 bits per heavy atom. The quantitative estimate of drug-likeness (QED) is 0.467. The van der Waals surface area contributed by atoms with Gasteiger partial charge in [-0.2, -0.15) is 0 Å². The molecule has 0 radical (unpaired) electrons. The number of ether oxygens (including phenoxy) is 1. The molecule has 0 saturated heterocycles. The third-order valence-corrected chi connectivity index (χ3v) is 4.41. The number of nitrogens with one attached hydrogen (secondary N) is 3. The molecule has 3 N–H and O–H groups in total. The second-order valence-electron chi connectivity index (χ2n) is 6.25. The Hall–Kier alpha value is -3.54. The van der Waals surface area contributed by atoms with Gasteiger partial charge in [-0.3, -0.25) is 15.0 Å². The molecule has 0 spiro atoms. The molecule has 0 aliphatic rings. The summed E-state index contributed by atoms with van der Waals surface area (Å²) in [6.45, 7) is 0.527. The number of H-pyrrole nitrogens is 2. The van der Waals surface area contributed by atoms with Crippen molar-refractivity contribution >= 4 is 16.7 Å². The van der Waals surface area contributed by atoms with E-state index in [2.05, 4.69) is 32.6 Å². The molecule has 4 rings (SSSR count). The summed E-state index contributed by atoms with van der Waals surface area (Å²) in [7, 11) is 0. The van der Waals surface area contributed by atoms with Gasteiger partial charge in [-0.15, -0.1) is 0 Å². The lowest BCUT2D eigenvalue weighted by atomic mass is 10.0. The van der Waals surface area contributed by atoms with Crippen LogP contribution in [0, 0.1) is 0 Å². The maximum Gasteiger partial charge on any atom is 0.271 e. The number of rotatable bonds is 7. The van der Waals surface area contributed by atoms with Gasteiger partial charge >= 0.3 is 0 Å². The van der Waals surface area contributed by atoms with Gasteiger partial charge in [0.1, 0.15) is 11.6 Å². The molecule has 6 heteroatoms. The summed E-state index contributed by atoms with van der Waals surface area (Å²) >= 11 is 0. The molecular formula is C21H20N4O2. The van der Waals surface area contributed by atoms with Crippen LogP contribution in [0.3, 0.4) is 0 Å². The van der Waals surface area contributed by atoms with Crippen LogP contribution < -0.4 is 15.6 Å². The second kappa shape index (κ2) is 7.78. The normalized spacial score (nSPS) is 12.0. The molecule has 2 heterocycles. The molecule has 6 nitrogen and oxygen atoms in total. The zero-order valence-electron chi connectivity index (χ0n) is 14.7. The average Bonchev–Trinajstić information content (AvgIpc) is 3.09. The van der Waals surface area contributed by atoms with Crippen LogP contribution in [-0.2, 0) is 0 Å². The molecule has 0 aliphatic heterocycles. The van der Waals surface area contributed by atoms with Crippen molar-refractivity contribution in [2.24, 2.45) is 0 Å². The number of anilines is 1. The Kier molecular flexibility index (Phi) is 4.87. The summed E-state index contributed by atoms with van der Waals surface area (Å²) in [5, 5.41) is 9.52. The summed E-state index contributed by atoms with van der Waals surface area (Å²) in [4.78, 5) is 15.9. The highest BCUT2D eigenvalue weighted by Gasteiger charge is 2.12. The highest BCUT2D eigenvalue weighted by molar-refractivity contribution is 5.79. The molecule has 0 bridgehead atoms. The molecule has 0 amide bonds. The minimum absolute atomic E-state index is 0.0805. The number of fused-ring (bicyclic) bond motifs is 1. The lowest BCUT2D eigenvalue weighted by Crippen LogP contribution is -2.15. The maximum atomic E-state index is 11.6. The number of aromatic amines is 2. The number of nitrogens with zero attached hydrogens (tertiary/aromatic N) is 1. The van der Waals surface area contributed by atoms with Crippen LogP contribution in [0.5, 0.6) is 5.75 Å². The molecule has 136 valence electrons. The van der Waals surface area contributed by atoms with Crippen molar-refractivity contribution in [2.75, 3.05) is 11.9 Å². The van der Waals surface area contributed by atoms with Gasteiger partial charge in [0.2, 0.25) is 0 Å². The van der Waals surface area contributed by atoms with E-state index < -0.39 is 0 Å². The Labute approximate surface area is 156 Å². The fraction of sp³-hybridized carbons (Fsp3) is 0.143. The van der Waals surface area contributed by atoms with Crippen LogP contribution in [0.25, 0.3) is 10.9 Å². The predicted molar refractivity (Wildman–Crippen MR) is 106 cm³/mol. The van der Waals surface area contributed by atoms with E-state index in [-0.39, 0.29) is 11.6 Å². The first kappa shape index (κ1) is 16.9. The number of hydrogen-bond acceptors (Lipinski definition) is 4. The van der Waals surface area contributed by atoms with Gasteiger partial charge in [-0.1, -0.05) is 36.4 Å². The maximum absolute atomic E-state index is 11.6. The van der Waals surface area contributed by atoms with Crippen molar-refractivity contribution in [3.05, 3.63) is 88.8 Å². The Bertz CT molecular complexity index is 1060. The fourth-order valence-corrected chi connectivity index (χ4v) is 3.03. The van der Waals surface area contributed by atoms with Crippen LogP contribution in [-0.4, -0.2) is 21.8 Å². The van der Waals surface area contributed by atoms with Crippen LogP contribution in [0.15, 0.2) is 77.7 Å². The molecule has 27 heavy (non-hydrogen) atoms. The Balaban J connectivity index is 1.45. The van der Waals surface area contributed by atoms with Gasteiger partial charge in [0.25, 0.3) is 5.56 Å². The monoisotopic (exact) mass is 360 g/mol. The van der Waals surface area contributed by atoms with E-state index in [0.29, 0.717) is 12.0 Å². The summed E-state index contributed by atoms with van der Waals surface area (Å²) in [5.74, 6) is 1.56. The van der Waals surface area contributed by atoms with Gasteiger partial charge in [0.05, 0.1) is 23.6 Å². The van der Waals surface area contributed by atoms with Crippen molar-refractivity contribution in [3.63, 3.8) is 0 Å². The molecule has 0 aliphatic carbocycles. The highest BCUT2D eigenvalue weighted by Crippen LogP contribution is 2.23. The van der Waals surface area contributed by atoms with E-state index in [4.69, 9.17) is 4.74 Å². The minimum atomic E-state index is -0.125. The minimum Gasteiger partial charge on any atom is -0.493 e. The molecule has 0 saturated carbocycles. The molecule has 4 aromatic rings. The first-order valence-corrected chi connectivity index (χ1v) is 8.85. The van der Waals surface area contributed by atoms with Crippen molar-refractivity contribution in [3.8, 4) is 5.75 Å². The van der Waals surface area contributed by atoms with E-state index >= 15 is 0 Å². The smallest absolute Gasteiger partial charge is 0.271 e. The van der Waals surface area contributed by atoms with Gasteiger partial charge in [0.15, 0.2) is 0 Å². The van der Waals surface area contributed by atoms with E-state index in [0.717, 1.165) is 23.5 Å². The first-order valence-electron chi connectivity index (χ1n) is 8.85. The van der Waals surface area contributed by atoms with Gasteiger partial charge in [-0.25, -0.2) is 4.98 Å². The lowest BCUT2D eigenvalue weighted by Gasteiger charge is -2.20. The SMILES string of the molecule is O=c1[nH][nH]c2cc(OCCC(Nc3ccccn3)c3ccccc3)ccc12. The van der Waals surface area contributed by atoms with E-state index in [9.17, 15) is 4.79 Å². The van der Waals surface area contributed by atoms with Crippen molar-refractivity contribution in [1.82, 2.24) is 15.2 Å². The van der Waals surface area contributed by atoms with Crippen LogP contribution in [0.1, 0.15) is 18.0 Å². The highest BCUT2D eigenvalue weighted by atomic mass is 16.5. The molecule has 2 aromatic heterocycles. The summed E-state index contributed by atoms with van der Waals surface area (Å²) < 4.78 is 5.92. The average molecular weight is 360 g/mol. The van der Waals surface area contributed by atoms with Crippen molar-refractivity contribution < 1.29 is 4.74 Å². The Morgan fingerprint density at radius 2 is 1.85 bits per heavy atom. The largest absolute Gasteiger partial charge is 0.493 e. The van der Waals surface area contributed by atoms with E-state index in [1.807, 2.05) is 48.5 Å². The standard InChI is InChI=1S/C21H20N4O2/c26-21-17-10-9-16(14-19(17)24-25-21)27-13-11-18(15-6-2-1-3-7-15)23-20-8-4-5-12-22-20/h1-10,12,14,18H,11,13H2,(H,22,23)(H2,24,25,26). The molecule has 0 fully saturated rings. The number of pyridine rings is 1. The van der Waals surface area contributed by atoms with Gasteiger partial charge < -0.3 is 10.1 Å². The molecule has 2 aromatic carbocycles. The fourth-order valence-electron chi connectivity index (χ4n) is 3.03. The number of aromatic nitrogens is 3. The number of hydrogen-bond donors (Lipinski definition) is 3. The number of benzene rings is 2. The summed E-state index contributed by atoms with van der Waals surface area (Å²) in [6, 6.07) is 21.5. The molecule has 1 unspecified atom stereocenters. The van der Waals surface area contributed by atoms with Crippen molar-refractivity contribution in [2.45, 2.75) is 12.5 Å². The Morgan fingerprint density at radius 3 is 2.67 bits per heavy atom. The summed E-state index contributed by atoms with van der Waals surface area (Å²) in [5.41, 5.74) is 1.79. The van der Waals surface area contributed by atoms with Crippen LogP contribution in [0.4, 0.5) is 5.82 Å². The van der Waals surface area contributed by atoms with Crippen LogP contribution in [0.2, 0.25) is 0 Å². The third kappa shape index (κ3) is 4.00. The predicted octanol–water partition coefficient (Wildman–Crippen LogP) is 3.87.